The van der Waals surface area contributed by atoms with Crippen LogP contribution in [-0.4, -0.2) is 17.0 Å². The van der Waals surface area contributed by atoms with Gasteiger partial charge in [-0.25, -0.2) is 4.79 Å². The summed E-state index contributed by atoms with van der Waals surface area (Å²) in [7, 11) is 0. The highest BCUT2D eigenvalue weighted by Gasteiger charge is 2.31. The number of hydrogen-bond donors (Lipinski definition) is 0. The van der Waals surface area contributed by atoms with E-state index in [2.05, 4.69) is 24.3 Å². The van der Waals surface area contributed by atoms with Gasteiger partial charge in [0.15, 0.2) is 0 Å². The summed E-state index contributed by atoms with van der Waals surface area (Å²) >= 11 is 0. The zero-order valence-electron chi connectivity index (χ0n) is 13.3. The van der Waals surface area contributed by atoms with E-state index in [0.717, 1.165) is 17.5 Å². The van der Waals surface area contributed by atoms with Crippen molar-refractivity contribution in [3.05, 3.63) is 83.9 Å². The quantitative estimate of drug-likeness (QED) is 0.768. The molecule has 0 saturated carbocycles. The molecule has 118 valence electrons. The molecule has 1 amide bonds. The zero-order valence-corrected chi connectivity index (χ0v) is 13.3. The van der Waals surface area contributed by atoms with Gasteiger partial charge in [0, 0.05) is 0 Å². The van der Waals surface area contributed by atoms with Gasteiger partial charge in [-0.3, -0.25) is 4.90 Å². The first-order chi connectivity index (χ1) is 11.3. The molecule has 0 saturated heterocycles. The topological polar surface area (TPSA) is 29.5 Å². The van der Waals surface area contributed by atoms with Crippen molar-refractivity contribution < 1.29 is 9.53 Å². The summed E-state index contributed by atoms with van der Waals surface area (Å²) in [6.07, 6.45) is 4.75. The highest BCUT2D eigenvalue weighted by molar-refractivity contribution is 5.69. The van der Waals surface area contributed by atoms with Crippen molar-refractivity contribution in [1.82, 2.24) is 4.90 Å². The van der Waals surface area contributed by atoms with Gasteiger partial charge in [-0.2, -0.15) is 0 Å². The van der Waals surface area contributed by atoms with Crippen LogP contribution in [0.5, 0.6) is 0 Å². The molecule has 0 spiro atoms. The van der Waals surface area contributed by atoms with E-state index in [1.165, 1.54) is 0 Å². The average Bonchev–Trinajstić information content (AvgIpc) is 2.61. The van der Waals surface area contributed by atoms with Crippen LogP contribution in [0, 0.1) is 0 Å². The van der Waals surface area contributed by atoms with Gasteiger partial charge in [0.25, 0.3) is 0 Å². The summed E-state index contributed by atoms with van der Waals surface area (Å²) in [4.78, 5) is 14.5. The SMILES string of the molecule is C[C@H]1C=CC[C@H](c2ccccc2)N1C(=O)OCc1ccccc1. The second kappa shape index (κ2) is 7.14. The Kier molecular flexibility index (Phi) is 4.77. The standard InChI is InChI=1S/C20H21NO2/c1-16-9-8-14-19(18-12-6-3-7-13-18)21(16)20(22)23-15-17-10-4-2-5-11-17/h2-13,16,19H,14-15H2,1H3/t16-,19+/m0/s1. The first kappa shape index (κ1) is 15.3. The van der Waals surface area contributed by atoms with Crippen molar-refractivity contribution in [3.63, 3.8) is 0 Å². The Labute approximate surface area is 137 Å². The third-order valence-electron chi connectivity index (χ3n) is 4.15. The second-order valence-electron chi connectivity index (χ2n) is 5.78. The summed E-state index contributed by atoms with van der Waals surface area (Å²) in [6, 6.07) is 19.9. The summed E-state index contributed by atoms with van der Waals surface area (Å²) in [5.74, 6) is 0. The Hall–Kier alpha value is -2.55. The number of carbonyl (C=O) groups excluding carboxylic acids is 1. The van der Waals surface area contributed by atoms with Gasteiger partial charge in [0.1, 0.15) is 6.61 Å². The highest BCUT2D eigenvalue weighted by atomic mass is 16.6. The van der Waals surface area contributed by atoms with E-state index in [1.54, 1.807) is 0 Å². The molecule has 3 heteroatoms. The number of benzene rings is 2. The van der Waals surface area contributed by atoms with Crippen LogP contribution < -0.4 is 0 Å². The number of nitrogens with zero attached hydrogens (tertiary/aromatic N) is 1. The van der Waals surface area contributed by atoms with E-state index >= 15 is 0 Å². The minimum absolute atomic E-state index is 0.0252. The molecule has 2 atom stereocenters. The normalized spacial score (nSPS) is 20.3. The third kappa shape index (κ3) is 3.62. The van der Waals surface area contributed by atoms with Crippen LogP contribution in [0.3, 0.4) is 0 Å². The van der Waals surface area contributed by atoms with Gasteiger partial charge < -0.3 is 4.74 Å². The first-order valence-corrected chi connectivity index (χ1v) is 7.96. The van der Waals surface area contributed by atoms with Crippen molar-refractivity contribution in [3.8, 4) is 0 Å². The van der Waals surface area contributed by atoms with E-state index in [4.69, 9.17) is 4.74 Å². The van der Waals surface area contributed by atoms with Gasteiger partial charge in [0.05, 0.1) is 12.1 Å². The molecule has 0 bridgehead atoms. The van der Waals surface area contributed by atoms with Crippen molar-refractivity contribution in [1.29, 1.82) is 0 Å². The molecule has 23 heavy (non-hydrogen) atoms. The van der Waals surface area contributed by atoms with Crippen molar-refractivity contribution >= 4 is 6.09 Å². The maximum Gasteiger partial charge on any atom is 0.411 e. The van der Waals surface area contributed by atoms with Crippen LogP contribution in [0.2, 0.25) is 0 Å². The monoisotopic (exact) mass is 307 g/mol. The van der Waals surface area contributed by atoms with E-state index in [9.17, 15) is 4.79 Å². The molecule has 0 N–H and O–H groups in total. The molecule has 0 fully saturated rings. The second-order valence-corrected chi connectivity index (χ2v) is 5.78. The Bertz CT molecular complexity index is 667. The molecule has 2 aromatic carbocycles. The smallest absolute Gasteiger partial charge is 0.411 e. The predicted molar refractivity (Wildman–Crippen MR) is 90.9 cm³/mol. The molecule has 2 aromatic rings. The van der Waals surface area contributed by atoms with Crippen LogP contribution in [0.1, 0.15) is 30.5 Å². The van der Waals surface area contributed by atoms with E-state index in [1.807, 2.05) is 60.4 Å². The zero-order chi connectivity index (χ0) is 16.1. The van der Waals surface area contributed by atoms with Crippen LogP contribution in [-0.2, 0) is 11.3 Å². The molecule has 3 rings (SSSR count). The molecular weight excluding hydrogens is 286 g/mol. The van der Waals surface area contributed by atoms with E-state index < -0.39 is 0 Å². The van der Waals surface area contributed by atoms with Crippen LogP contribution >= 0.6 is 0 Å². The van der Waals surface area contributed by atoms with Crippen molar-refractivity contribution in [2.24, 2.45) is 0 Å². The molecule has 3 nitrogen and oxygen atoms in total. The minimum Gasteiger partial charge on any atom is -0.445 e. The van der Waals surface area contributed by atoms with Gasteiger partial charge in [-0.1, -0.05) is 72.8 Å². The number of amides is 1. The van der Waals surface area contributed by atoms with E-state index in [0.29, 0.717) is 6.61 Å². The third-order valence-corrected chi connectivity index (χ3v) is 4.15. The average molecular weight is 307 g/mol. The molecule has 1 aliphatic rings. The summed E-state index contributed by atoms with van der Waals surface area (Å²) in [5.41, 5.74) is 2.14. The molecule has 0 aromatic heterocycles. The Balaban J connectivity index is 1.74. The molecule has 0 aliphatic carbocycles. The lowest BCUT2D eigenvalue weighted by atomic mass is 9.97. The minimum atomic E-state index is -0.264. The van der Waals surface area contributed by atoms with Crippen molar-refractivity contribution in [2.45, 2.75) is 32.0 Å². The van der Waals surface area contributed by atoms with Crippen LogP contribution in [0.15, 0.2) is 72.8 Å². The molecule has 0 unspecified atom stereocenters. The lowest BCUT2D eigenvalue weighted by Gasteiger charge is -2.37. The fraction of sp³-hybridized carbons (Fsp3) is 0.250. The summed E-state index contributed by atoms with van der Waals surface area (Å²) in [5, 5.41) is 0. The number of ether oxygens (including phenoxy) is 1. The highest BCUT2D eigenvalue weighted by Crippen LogP contribution is 2.31. The lowest BCUT2D eigenvalue weighted by Crippen LogP contribution is -2.42. The van der Waals surface area contributed by atoms with Gasteiger partial charge in [-0.05, 0) is 24.5 Å². The predicted octanol–water partition coefficient (Wildman–Crippen LogP) is 4.71. The van der Waals surface area contributed by atoms with Gasteiger partial charge in [-0.15, -0.1) is 0 Å². The summed E-state index contributed by atoms with van der Waals surface area (Å²) in [6.45, 7) is 2.32. The number of rotatable bonds is 3. The molecule has 1 aliphatic heterocycles. The first-order valence-electron chi connectivity index (χ1n) is 7.96. The van der Waals surface area contributed by atoms with Crippen molar-refractivity contribution in [2.75, 3.05) is 0 Å². The largest absolute Gasteiger partial charge is 0.445 e. The van der Waals surface area contributed by atoms with Crippen LogP contribution in [0.4, 0.5) is 4.79 Å². The summed E-state index contributed by atoms with van der Waals surface area (Å²) < 4.78 is 5.54. The fourth-order valence-corrected chi connectivity index (χ4v) is 2.95. The molecule has 0 radical (unpaired) electrons. The fourth-order valence-electron chi connectivity index (χ4n) is 2.95. The molecule has 1 heterocycles. The number of carbonyl (C=O) groups is 1. The molecular formula is C20H21NO2. The van der Waals surface area contributed by atoms with Gasteiger partial charge in [0.2, 0.25) is 0 Å². The Morgan fingerprint density at radius 3 is 2.43 bits per heavy atom. The number of hydrogen-bond acceptors (Lipinski definition) is 2. The maximum atomic E-state index is 12.6. The van der Waals surface area contributed by atoms with Crippen LogP contribution in [0.25, 0.3) is 0 Å². The maximum absolute atomic E-state index is 12.6. The van der Waals surface area contributed by atoms with E-state index in [-0.39, 0.29) is 18.2 Å². The van der Waals surface area contributed by atoms with Gasteiger partial charge >= 0.3 is 6.09 Å². The lowest BCUT2D eigenvalue weighted by molar-refractivity contribution is 0.0691. The Morgan fingerprint density at radius 1 is 1.09 bits per heavy atom. The Morgan fingerprint density at radius 2 is 1.74 bits per heavy atom.